The van der Waals surface area contributed by atoms with Gasteiger partial charge < -0.3 is 5.32 Å². The molecule has 0 unspecified atom stereocenters. The van der Waals surface area contributed by atoms with E-state index in [-0.39, 0.29) is 5.91 Å². The second-order valence-corrected chi connectivity index (χ2v) is 6.56. The first kappa shape index (κ1) is 15.3. The smallest absolute Gasteiger partial charge is 0.224 e. The van der Waals surface area contributed by atoms with Crippen LogP contribution in [0.25, 0.3) is 0 Å². The van der Waals surface area contributed by atoms with Crippen LogP contribution in [0.1, 0.15) is 44.1 Å². The predicted octanol–water partition coefficient (Wildman–Crippen LogP) is 3.97. The summed E-state index contributed by atoms with van der Waals surface area (Å²) in [5.74, 6) is 0.559. The number of rotatable bonds is 5. The number of piperidine rings is 1. The van der Waals surface area contributed by atoms with Crippen molar-refractivity contribution < 1.29 is 4.79 Å². The summed E-state index contributed by atoms with van der Waals surface area (Å²) in [6.07, 6.45) is 11.2. The third-order valence-corrected chi connectivity index (χ3v) is 4.63. The van der Waals surface area contributed by atoms with E-state index in [0.717, 1.165) is 25.1 Å². The van der Waals surface area contributed by atoms with Crippen molar-refractivity contribution >= 4 is 11.6 Å². The van der Waals surface area contributed by atoms with E-state index in [1.807, 2.05) is 12.1 Å². The topological polar surface area (TPSA) is 32.3 Å². The fourth-order valence-electron chi connectivity index (χ4n) is 3.44. The minimum atomic E-state index is 0.131. The number of nitrogens with one attached hydrogen (secondary N) is 1. The van der Waals surface area contributed by atoms with Crippen molar-refractivity contribution in [3.8, 4) is 0 Å². The number of hydrogen-bond acceptors (Lipinski definition) is 2. The maximum absolute atomic E-state index is 12.1. The molecule has 1 aliphatic carbocycles. The number of likely N-dealkylation sites (tertiary alicyclic amines) is 1. The Morgan fingerprint density at radius 2 is 2.09 bits per heavy atom. The molecule has 0 saturated carbocycles. The van der Waals surface area contributed by atoms with Crippen LogP contribution >= 0.6 is 0 Å². The number of amides is 1. The van der Waals surface area contributed by atoms with E-state index in [4.69, 9.17) is 0 Å². The summed E-state index contributed by atoms with van der Waals surface area (Å²) in [4.78, 5) is 14.6. The zero-order valence-electron chi connectivity index (χ0n) is 13.3. The minimum Gasteiger partial charge on any atom is -0.326 e. The SMILES string of the molecule is O=C(C[C@@H]1C=CCC1)Nc1cccc(CN2CCCCC2)c1. The van der Waals surface area contributed by atoms with Gasteiger partial charge in [0.15, 0.2) is 0 Å². The Kier molecular flexibility index (Phi) is 5.28. The molecule has 0 aromatic heterocycles. The first-order valence-electron chi connectivity index (χ1n) is 8.57. The van der Waals surface area contributed by atoms with Crippen LogP contribution in [0.5, 0.6) is 0 Å². The van der Waals surface area contributed by atoms with Crippen LogP contribution in [-0.4, -0.2) is 23.9 Å². The average Bonchev–Trinajstić information content (AvgIpc) is 3.01. The molecule has 1 amide bonds. The van der Waals surface area contributed by atoms with Gasteiger partial charge in [-0.2, -0.15) is 0 Å². The summed E-state index contributed by atoms with van der Waals surface area (Å²) in [6.45, 7) is 3.39. The quantitative estimate of drug-likeness (QED) is 0.834. The van der Waals surface area contributed by atoms with E-state index in [9.17, 15) is 4.79 Å². The average molecular weight is 298 g/mol. The number of benzene rings is 1. The molecule has 22 heavy (non-hydrogen) atoms. The molecule has 0 bridgehead atoms. The molecule has 3 rings (SSSR count). The van der Waals surface area contributed by atoms with Gasteiger partial charge >= 0.3 is 0 Å². The molecule has 1 fully saturated rings. The van der Waals surface area contributed by atoms with Crippen molar-refractivity contribution in [3.63, 3.8) is 0 Å². The van der Waals surface area contributed by atoms with Crippen molar-refractivity contribution in [1.29, 1.82) is 0 Å². The Morgan fingerprint density at radius 1 is 1.23 bits per heavy atom. The summed E-state index contributed by atoms with van der Waals surface area (Å²) in [5.41, 5.74) is 2.22. The van der Waals surface area contributed by atoms with Gasteiger partial charge in [0.1, 0.15) is 0 Å². The van der Waals surface area contributed by atoms with Crippen molar-refractivity contribution in [2.45, 2.75) is 45.1 Å². The lowest BCUT2D eigenvalue weighted by atomic mass is 10.0. The van der Waals surface area contributed by atoms with Crippen LogP contribution in [0.15, 0.2) is 36.4 Å². The van der Waals surface area contributed by atoms with Crippen LogP contribution in [-0.2, 0) is 11.3 Å². The van der Waals surface area contributed by atoms with Crippen molar-refractivity contribution in [2.75, 3.05) is 18.4 Å². The molecule has 1 N–H and O–H groups in total. The third kappa shape index (κ3) is 4.44. The highest BCUT2D eigenvalue weighted by molar-refractivity contribution is 5.91. The van der Waals surface area contributed by atoms with E-state index in [1.54, 1.807) is 0 Å². The van der Waals surface area contributed by atoms with E-state index in [1.165, 1.54) is 37.9 Å². The van der Waals surface area contributed by atoms with Gasteiger partial charge in [-0.25, -0.2) is 0 Å². The molecular formula is C19H26N2O. The fourth-order valence-corrected chi connectivity index (χ4v) is 3.44. The molecule has 3 nitrogen and oxygen atoms in total. The lowest BCUT2D eigenvalue weighted by Crippen LogP contribution is -2.29. The molecule has 1 saturated heterocycles. The van der Waals surface area contributed by atoms with Crippen molar-refractivity contribution in [1.82, 2.24) is 4.90 Å². The maximum Gasteiger partial charge on any atom is 0.224 e. The molecule has 118 valence electrons. The summed E-state index contributed by atoms with van der Waals surface area (Å²) in [5, 5.41) is 3.06. The van der Waals surface area contributed by atoms with Crippen molar-refractivity contribution in [3.05, 3.63) is 42.0 Å². The maximum atomic E-state index is 12.1. The molecule has 0 radical (unpaired) electrons. The zero-order valence-corrected chi connectivity index (χ0v) is 13.3. The van der Waals surface area contributed by atoms with Gasteiger partial charge in [-0.05, 0) is 62.4 Å². The van der Waals surface area contributed by atoms with Gasteiger partial charge in [0.05, 0.1) is 0 Å². The van der Waals surface area contributed by atoms with Gasteiger partial charge in [-0.15, -0.1) is 0 Å². The molecule has 0 spiro atoms. The first-order chi connectivity index (χ1) is 10.8. The normalized spacial score (nSPS) is 21.9. The number of allylic oxidation sites excluding steroid dienone is 2. The van der Waals surface area contributed by atoms with Gasteiger partial charge in [-0.3, -0.25) is 9.69 Å². The van der Waals surface area contributed by atoms with Crippen LogP contribution in [0.4, 0.5) is 5.69 Å². The van der Waals surface area contributed by atoms with Gasteiger partial charge in [0.25, 0.3) is 0 Å². The predicted molar refractivity (Wildman–Crippen MR) is 90.7 cm³/mol. The summed E-state index contributed by atoms with van der Waals surface area (Å²) < 4.78 is 0. The first-order valence-corrected chi connectivity index (χ1v) is 8.57. The highest BCUT2D eigenvalue weighted by Gasteiger charge is 2.14. The lowest BCUT2D eigenvalue weighted by Gasteiger charge is -2.26. The summed E-state index contributed by atoms with van der Waals surface area (Å²) >= 11 is 0. The molecule has 1 heterocycles. The monoisotopic (exact) mass is 298 g/mol. The second kappa shape index (κ2) is 7.59. The third-order valence-electron chi connectivity index (χ3n) is 4.63. The molecular weight excluding hydrogens is 272 g/mol. The lowest BCUT2D eigenvalue weighted by molar-refractivity contribution is -0.116. The highest BCUT2D eigenvalue weighted by atomic mass is 16.1. The molecule has 1 atom stereocenters. The van der Waals surface area contributed by atoms with Crippen LogP contribution in [0.2, 0.25) is 0 Å². The van der Waals surface area contributed by atoms with E-state index >= 15 is 0 Å². The Hall–Kier alpha value is -1.61. The molecule has 1 aromatic rings. The molecule has 1 aromatic carbocycles. The number of nitrogens with zero attached hydrogens (tertiary/aromatic N) is 1. The van der Waals surface area contributed by atoms with Crippen LogP contribution in [0, 0.1) is 5.92 Å². The number of carbonyl (C=O) groups excluding carboxylic acids is 1. The standard InChI is InChI=1S/C19H26N2O/c22-19(14-16-7-2-3-8-16)20-18-10-6-9-17(13-18)15-21-11-4-1-5-12-21/h2,6-7,9-10,13,16H,1,3-5,8,11-12,14-15H2,(H,20,22)/t16-/m1/s1. The van der Waals surface area contributed by atoms with E-state index < -0.39 is 0 Å². The van der Waals surface area contributed by atoms with Gasteiger partial charge in [0.2, 0.25) is 5.91 Å². The summed E-state index contributed by atoms with van der Waals surface area (Å²) in [7, 11) is 0. The minimum absolute atomic E-state index is 0.131. The zero-order chi connectivity index (χ0) is 15.2. The summed E-state index contributed by atoms with van der Waals surface area (Å²) in [6, 6.07) is 8.31. The van der Waals surface area contributed by atoms with Gasteiger partial charge in [-0.1, -0.05) is 30.7 Å². The van der Waals surface area contributed by atoms with Crippen LogP contribution in [0.3, 0.4) is 0 Å². The Morgan fingerprint density at radius 3 is 2.86 bits per heavy atom. The molecule has 1 aliphatic heterocycles. The van der Waals surface area contributed by atoms with E-state index in [2.05, 4.69) is 34.5 Å². The van der Waals surface area contributed by atoms with Gasteiger partial charge in [0, 0.05) is 18.7 Å². The number of anilines is 1. The van der Waals surface area contributed by atoms with Crippen LogP contribution < -0.4 is 5.32 Å². The number of carbonyl (C=O) groups is 1. The Bertz CT molecular complexity index is 532. The van der Waals surface area contributed by atoms with E-state index in [0.29, 0.717) is 12.3 Å². The molecule has 3 heteroatoms. The van der Waals surface area contributed by atoms with Crippen molar-refractivity contribution in [2.24, 2.45) is 5.92 Å². The molecule has 2 aliphatic rings. The highest BCUT2D eigenvalue weighted by Crippen LogP contribution is 2.21. The Balaban J connectivity index is 1.53. The Labute approximate surface area is 133 Å². The second-order valence-electron chi connectivity index (χ2n) is 6.56. The fraction of sp³-hybridized carbons (Fsp3) is 0.526. The largest absolute Gasteiger partial charge is 0.326 e. The number of hydrogen-bond donors (Lipinski definition) is 1.